The number of carbonyl (C=O) groups excluding carboxylic acids is 2. The van der Waals surface area contributed by atoms with Crippen LogP contribution in [0.1, 0.15) is 14.5 Å². The highest BCUT2D eigenvalue weighted by Gasteiger charge is 2.17. The van der Waals surface area contributed by atoms with Crippen molar-refractivity contribution in [2.75, 3.05) is 27.7 Å². The summed E-state index contributed by atoms with van der Waals surface area (Å²) in [5, 5.41) is 8.53. The fourth-order valence-corrected chi connectivity index (χ4v) is 2.22. The van der Waals surface area contributed by atoms with Crippen molar-refractivity contribution in [3.8, 4) is 0 Å². The van der Waals surface area contributed by atoms with Gasteiger partial charge in [0.2, 0.25) is 5.91 Å². The topological polar surface area (TPSA) is 77.9 Å². The van der Waals surface area contributed by atoms with Crippen LogP contribution in [0.2, 0.25) is 0 Å². The van der Waals surface area contributed by atoms with Gasteiger partial charge in [0.15, 0.2) is 0 Å². The van der Waals surface area contributed by atoms with Gasteiger partial charge in [-0.15, -0.1) is 11.3 Å². The summed E-state index contributed by atoms with van der Waals surface area (Å²) >= 11 is 1.18. The minimum atomic E-state index is -1.04. The van der Waals surface area contributed by atoms with Crippen molar-refractivity contribution < 1.29 is 19.5 Å². The van der Waals surface area contributed by atoms with Gasteiger partial charge < -0.3 is 14.9 Å². The van der Waals surface area contributed by atoms with Crippen LogP contribution in [0, 0.1) is 0 Å². The second kappa shape index (κ2) is 6.85. The maximum absolute atomic E-state index is 12.1. The van der Waals surface area contributed by atoms with E-state index in [1.54, 1.807) is 33.3 Å². The third-order valence-electron chi connectivity index (χ3n) is 2.45. The lowest BCUT2D eigenvalue weighted by Gasteiger charge is -2.18. The predicted octanol–water partition coefficient (Wildman–Crippen LogP) is 1.01. The summed E-state index contributed by atoms with van der Waals surface area (Å²) in [6.07, 6.45) is 2.44. The molecule has 0 aromatic carbocycles. The summed E-state index contributed by atoms with van der Waals surface area (Å²) in [7, 11) is 4.80. The summed E-state index contributed by atoms with van der Waals surface area (Å²) in [5.41, 5.74) is 0. The number of hydrogen-bond acceptors (Lipinski definition) is 4. The van der Waals surface area contributed by atoms with E-state index in [1.165, 1.54) is 27.2 Å². The molecule has 0 unspecified atom stereocenters. The van der Waals surface area contributed by atoms with Crippen LogP contribution in [0.15, 0.2) is 18.2 Å². The van der Waals surface area contributed by atoms with E-state index < -0.39 is 5.97 Å². The largest absolute Gasteiger partial charge is 0.478 e. The highest BCUT2D eigenvalue weighted by atomic mass is 32.1. The standard InChI is InChI=1S/C13H16N2O4S/c1-14(2)11(16)8-15(3)13(19)10-6-4-9(20-10)5-7-12(17)18/h4-7H,8H2,1-3H3,(H,17,18). The number of amides is 2. The lowest BCUT2D eigenvalue weighted by Crippen LogP contribution is -2.37. The molecule has 0 atom stereocenters. The third-order valence-corrected chi connectivity index (χ3v) is 3.48. The van der Waals surface area contributed by atoms with Gasteiger partial charge in [0.25, 0.3) is 5.91 Å². The van der Waals surface area contributed by atoms with E-state index in [1.807, 2.05) is 0 Å². The molecule has 1 rings (SSSR count). The molecule has 2 amide bonds. The minimum absolute atomic E-state index is 0.00400. The first kappa shape index (κ1) is 15.9. The van der Waals surface area contributed by atoms with Crippen LogP contribution in [0.25, 0.3) is 6.08 Å². The zero-order chi connectivity index (χ0) is 15.3. The number of carboxylic acid groups (broad SMARTS) is 1. The van der Waals surface area contributed by atoms with Crippen molar-refractivity contribution >= 4 is 35.2 Å². The molecule has 0 fully saturated rings. The third kappa shape index (κ3) is 4.51. The van der Waals surface area contributed by atoms with Gasteiger partial charge in [-0.1, -0.05) is 0 Å². The Kier molecular flexibility index (Phi) is 5.45. The second-order valence-corrected chi connectivity index (χ2v) is 5.44. The first-order valence-corrected chi connectivity index (χ1v) is 6.59. The molecule has 7 heteroatoms. The molecule has 0 aliphatic heterocycles. The molecular weight excluding hydrogens is 280 g/mol. The Bertz CT molecular complexity index is 548. The van der Waals surface area contributed by atoms with Crippen molar-refractivity contribution in [1.82, 2.24) is 9.80 Å². The number of nitrogens with zero attached hydrogens (tertiary/aromatic N) is 2. The molecule has 0 radical (unpaired) electrons. The summed E-state index contributed by atoms with van der Waals surface area (Å²) in [4.78, 5) is 37.9. The molecule has 1 aromatic heterocycles. The molecule has 0 bridgehead atoms. The van der Waals surface area contributed by atoms with Crippen LogP contribution < -0.4 is 0 Å². The van der Waals surface area contributed by atoms with Crippen LogP contribution in [0.4, 0.5) is 0 Å². The number of hydrogen-bond donors (Lipinski definition) is 1. The van der Waals surface area contributed by atoms with E-state index in [-0.39, 0.29) is 18.4 Å². The highest BCUT2D eigenvalue weighted by Crippen LogP contribution is 2.19. The molecule has 20 heavy (non-hydrogen) atoms. The maximum atomic E-state index is 12.1. The molecule has 0 saturated heterocycles. The molecule has 1 N–H and O–H groups in total. The SMILES string of the molecule is CN(C)C(=O)CN(C)C(=O)c1ccc(C=CC(=O)O)s1. The average molecular weight is 296 g/mol. The van der Waals surface area contributed by atoms with E-state index in [0.717, 1.165) is 6.08 Å². The smallest absolute Gasteiger partial charge is 0.328 e. The first-order valence-electron chi connectivity index (χ1n) is 5.77. The van der Waals surface area contributed by atoms with Crippen LogP contribution in [-0.4, -0.2) is 60.4 Å². The van der Waals surface area contributed by atoms with Crippen molar-refractivity contribution in [3.63, 3.8) is 0 Å². The number of thiophene rings is 1. The van der Waals surface area contributed by atoms with Gasteiger partial charge in [0, 0.05) is 32.1 Å². The highest BCUT2D eigenvalue weighted by molar-refractivity contribution is 7.14. The Labute approximate surface area is 120 Å². The first-order chi connectivity index (χ1) is 9.31. The normalized spacial score (nSPS) is 10.6. The molecule has 1 aromatic rings. The number of likely N-dealkylation sites (N-methyl/N-ethyl adjacent to an activating group) is 2. The van der Waals surface area contributed by atoms with Crippen LogP contribution in [0.3, 0.4) is 0 Å². The molecule has 0 aliphatic rings. The molecule has 6 nitrogen and oxygen atoms in total. The van der Waals surface area contributed by atoms with Crippen molar-refractivity contribution in [2.24, 2.45) is 0 Å². The summed E-state index contributed by atoms with van der Waals surface area (Å²) in [5.74, 6) is -1.47. The summed E-state index contributed by atoms with van der Waals surface area (Å²) in [6, 6.07) is 3.28. The zero-order valence-corrected chi connectivity index (χ0v) is 12.3. The van der Waals surface area contributed by atoms with Gasteiger partial charge in [-0.3, -0.25) is 9.59 Å². The van der Waals surface area contributed by atoms with Crippen LogP contribution in [0.5, 0.6) is 0 Å². The second-order valence-electron chi connectivity index (χ2n) is 4.32. The zero-order valence-electron chi connectivity index (χ0n) is 11.5. The van der Waals surface area contributed by atoms with Gasteiger partial charge in [-0.05, 0) is 18.2 Å². The summed E-state index contributed by atoms with van der Waals surface area (Å²) < 4.78 is 0. The molecular formula is C13H16N2O4S. The number of aliphatic carboxylic acids is 1. The Morgan fingerprint density at radius 1 is 1.25 bits per heavy atom. The van der Waals surface area contributed by atoms with Crippen LogP contribution >= 0.6 is 11.3 Å². The van der Waals surface area contributed by atoms with Gasteiger partial charge in [0.05, 0.1) is 11.4 Å². The van der Waals surface area contributed by atoms with E-state index in [2.05, 4.69) is 0 Å². The van der Waals surface area contributed by atoms with Crippen LogP contribution in [-0.2, 0) is 9.59 Å². The minimum Gasteiger partial charge on any atom is -0.478 e. The summed E-state index contributed by atoms with van der Waals surface area (Å²) in [6.45, 7) is 0.00400. The number of rotatable bonds is 5. The van der Waals surface area contributed by atoms with Gasteiger partial charge in [-0.2, -0.15) is 0 Å². The molecule has 0 spiro atoms. The molecule has 0 saturated carbocycles. The van der Waals surface area contributed by atoms with E-state index >= 15 is 0 Å². The van der Waals surface area contributed by atoms with Gasteiger partial charge in [-0.25, -0.2) is 4.79 Å². The van der Waals surface area contributed by atoms with Gasteiger partial charge in [0.1, 0.15) is 0 Å². The van der Waals surface area contributed by atoms with Crippen molar-refractivity contribution in [1.29, 1.82) is 0 Å². The Morgan fingerprint density at radius 2 is 1.90 bits per heavy atom. The lowest BCUT2D eigenvalue weighted by molar-refractivity contribution is -0.131. The Morgan fingerprint density at radius 3 is 2.45 bits per heavy atom. The fourth-order valence-electron chi connectivity index (χ4n) is 1.31. The molecule has 1 heterocycles. The van der Waals surface area contributed by atoms with Gasteiger partial charge >= 0.3 is 5.97 Å². The van der Waals surface area contributed by atoms with Crippen molar-refractivity contribution in [3.05, 3.63) is 28.0 Å². The number of carboxylic acids is 1. The quantitative estimate of drug-likeness (QED) is 0.822. The lowest BCUT2D eigenvalue weighted by atomic mass is 10.3. The molecule has 0 aliphatic carbocycles. The Balaban J connectivity index is 2.73. The fraction of sp³-hybridized carbons (Fsp3) is 0.308. The van der Waals surface area contributed by atoms with E-state index in [0.29, 0.717) is 9.75 Å². The predicted molar refractivity (Wildman–Crippen MR) is 76.6 cm³/mol. The van der Waals surface area contributed by atoms with Crippen molar-refractivity contribution in [2.45, 2.75) is 0 Å². The maximum Gasteiger partial charge on any atom is 0.328 e. The van der Waals surface area contributed by atoms with E-state index in [4.69, 9.17) is 5.11 Å². The monoisotopic (exact) mass is 296 g/mol. The number of carbonyl (C=O) groups is 3. The Hall–Kier alpha value is -2.15. The van der Waals surface area contributed by atoms with E-state index in [9.17, 15) is 14.4 Å². The average Bonchev–Trinajstić information content (AvgIpc) is 2.83. The molecule has 108 valence electrons.